The number of halogens is 1. The number of carbonyl (C=O) groups excluding carboxylic acids is 1. The van der Waals surface area contributed by atoms with Crippen LogP contribution in [0.5, 0.6) is 0 Å². The average molecular weight is 228 g/mol. The molecule has 0 N–H and O–H groups in total. The van der Waals surface area contributed by atoms with Gasteiger partial charge in [0.2, 0.25) is 0 Å². The van der Waals surface area contributed by atoms with Gasteiger partial charge in [0.25, 0.3) is 0 Å². The highest BCUT2D eigenvalue weighted by atomic mass is 19.1. The second-order valence-corrected chi connectivity index (χ2v) is 4.17. The fraction of sp³-hybridized carbons (Fsp3) is 0.133. The van der Waals surface area contributed by atoms with Crippen LogP contribution in [0.1, 0.15) is 21.5 Å². The van der Waals surface area contributed by atoms with Gasteiger partial charge in [0.15, 0.2) is 6.29 Å². The first-order valence-corrected chi connectivity index (χ1v) is 5.44. The van der Waals surface area contributed by atoms with Gasteiger partial charge in [-0.25, -0.2) is 4.39 Å². The number of aldehydes is 1. The lowest BCUT2D eigenvalue weighted by Gasteiger charge is -2.09. The molecule has 2 aromatic carbocycles. The summed E-state index contributed by atoms with van der Waals surface area (Å²) in [6.07, 6.45) is 0.695. The lowest BCUT2D eigenvalue weighted by atomic mass is 9.95. The van der Waals surface area contributed by atoms with Gasteiger partial charge < -0.3 is 0 Å². The van der Waals surface area contributed by atoms with Crippen LogP contribution in [0, 0.1) is 19.7 Å². The molecule has 0 saturated carbocycles. The van der Waals surface area contributed by atoms with Crippen LogP contribution in [0.3, 0.4) is 0 Å². The molecule has 17 heavy (non-hydrogen) atoms. The van der Waals surface area contributed by atoms with Crippen LogP contribution in [0.25, 0.3) is 11.1 Å². The van der Waals surface area contributed by atoms with Gasteiger partial charge in [-0.05, 0) is 42.7 Å². The highest BCUT2D eigenvalue weighted by Crippen LogP contribution is 2.27. The van der Waals surface area contributed by atoms with Crippen molar-refractivity contribution in [2.45, 2.75) is 13.8 Å². The zero-order valence-corrected chi connectivity index (χ0v) is 9.83. The third-order valence-electron chi connectivity index (χ3n) is 2.82. The number of aryl methyl sites for hydroxylation is 2. The summed E-state index contributed by atoms with van der Waals surface area (Å²) in [4.78, 5) is 11.0. The van der Waals surface area contributed by atoms with E-state index in [1.54, 1.807) is 6.07 Å². The lowest BCUT2D eigenvalue weighted by Crippen LogP contribution is -1.92. The molecule has 0 heterocycles. The Bertz CT molecular complexity index is 573. The van der Waals surface area contributed by atoms with Gasteiger partial charge in [-0.2, -0.15) is 0 Å². The van der Waals surface area contributed by atoms with Gasteiger partial charge in [0.1, 0.15) is 5.82 Å². The van der Waals surface area contributed by atoms with E-state index < -0.39 is 0 Å². The van der Waals surface area contributed by atoms with Crippen molar-refractivity contribution in [1.82, 2.24) is 0 Å². The van der Waals surface area contributed by atoms with E-state index in [0.717, 1.165) is 22.3 Å². The van der Waals surface area contributed by atoms with Crippen LogP contribution in [0.2, 0.25) is 0 Å². The van der Waals surface area contributed by atoms with E-state index in [-0.39, 0.29) is 5.82 Å². The zero-order chi connectivity index (χ0) is 12.4. The molecule has 0 fully saturated rings. The van der Waals surface area contributed by atoms with Crippen molar-refractivity contribution in [1.29, 1.82) is 0 Å². The Morgan fingerprint density at radius 3 is 2.47 bits per heavy atom. The minimum atomic E-state index is -0.388. The number of hydrogen-bond acceptors (Lipinski definition) is 1. The van der Waals surface area contributed by atoms with Crippen molar-refractivity contribution < 1.29 is 9.18 Å². The minimum Gasteiger partial charge on any atom is -0.298 e. The smallest absolute Gasteiger partial charge is 0.150 e. The highest BCUT2D eigenvalue weighted by molar-refractivity contribution is 5.88. The highest BCUT2D eigenvalue weighted by Gasteiger charge is 2.08. The van der Waals surface area contributed by atoms with Crippen LogP contribution in [-0.2, 0) is 0 Å². The molecule has 0 aliphatic heterocycles. The van der Waals surface area contributed by atoms with E-state index in [0.29, 0.717) is 11.8 Å². The molecule has 0 unspecified atom stereocenters. The fourth-order valence-corrected chi connectivity index (χ4v) is 1.90. The fourth-order valence-electron chi connectivity index (χ4n) is 1.90. The Morgan fingerprint density at radius 1 is 1.00 bits per heavy atom. The molecule has 86 valence electrons. The molecule has 0 atom stereocenters. The Balaban J connectivity index is 2.67. The third kappa shape index (κ3) is 2.26. The van der Waals surface area contributed by atoms with Crippen molar-refractivity contribution in [2.24, 2.45) is 0 Å². The zero-order valence-electron chi connectivity index (χ0n) is 9.83. The first kappa shape index (κ1) is 11.5. The van der Waals surface area contributed by atoms with E-state index in [1.165, 1.54) is 12.1 Å². The molecule has 0 aliphatic rings. The summed E-state index contributed by atoms with van der Waals surface area (Å²) in [5.41, 5.74) is 4.34. The summed E-state index contributed by atoms with van der Waals surface area (Å²) >= 11 is 0. The maximum Gasteiger partial charge on any atom is 0.150 e. The monoisotopic (exact) mass is 228 g/mol. The van der Waals surface area contributed by atoms with Crippen molar-refractivity contribution in [3.05, 3.63) is 58.9 Å². The summed E-state index contributed by atoms with van der Waals surface area (Å²) < 4.78 is 13.1. The van der Waals surface area contributed by atoms with Crippen LogP contribution in [-0.4, -0.2) is 6.29 Å². The van der Waals surface area contributed by atoms with E-state index >= 15 is 0 Å². The minimum absolute atomic E-state index is 0.388. The van der Waals surface area contributed by atoms with Crippen LogP contribution in [0.4, 0.5) is 4.39 Å². The average Bonchev–Trinajstić information content (AvgIpc) is 2.32. The van der Waals surface area contributed by atoms with Gasteiger partial charge in [0.05, 0.1) is 0 Å². The third-order valence-corrected chi connectivity index (χ3v) is 2.82. The molecular weight excluding hydrogens is 215 g/mol. The Labute approximate surface area is 99.9 Å². The molecule has 2 rings (SSSR count). The number of rotatable bonds is 2. The largest absolute Gasteiger partial charge is 0.298 e. The summed E-state index contributed by atoms with van der Waals surface area (Å²) in [5, 5.41) is 0. The summed E-state index contributed by atoms with van der Waals surface area (Å²) in [6, 6.07) is 10.3. The summed E-state index contributed by atoms with van der Waals surface area (Å²) in [7, 11) is 0. The van der Waals surface area contributed by atoms with Gasteiger partial charge in [-0.3, -0.25) is 4.79 Å². The van der Waals surface area contributed by atoms with Gasteiger partial charge in [-0.1, -0.05) is 29.8 Å². The quantitative estimate of drug-likeness (QED) is 0.712. The Hall–Kier alpha value is -1.96. The molecule has 0 amide bonds. The van der Waals surface area contributed by atoms with Crippen molar-refractivity contribution in [2.75, 3.05) is 0 Å². The van der Waals surface area contributed by atoms with Crippen molar-refractivity contribution >= 4 is 6.29 Å². The van der Waals surface area contributed by atoms with Gasteiger partial charge in [0, 0.05) is 5.56 Å². The van der Waals surface area contributed by atoms with Crippen LogP contribution < -0.4 is 0 Å². The SMILES string of the molecule is Cc1ccc(C)c(-c2ccc(F)cc2C=O)c1. The molecule has 0 aliphatic carbocycles. The molecule has 0 aromatic heterocycles. The lowest BCUT2D eigenvalue weighted by molar-refractivity contribution is 0.112. The molecule has 2 heteroatoms. The molecule has 0 bridgehead atoms. The predicted octanol–water partition coefficient (Wildman–Crippen LogP) is 3.92. The van der Waals surface area contributed by atoms with E-state index in [1.807, 2.05) is 32.0 Å². The first-order chi connectivity index (χ1) is 8.11. The second kappa shape index (κ2) is 4.50. The number of hydrogen-bond donors (Lipinski definition) is 0. The maximum absolute atomic E-state index is 13.1. The standard InChI is InChI=1S/C15H13FO/c1-10-3-4-11(2)15(7-10)14-6-5-13(16)8-12(14)9-17/h3-9H,1-2H3. The van der Waals surface area contributed by atoms with Gasteiger partial charge in [-0.15, -0.1) is 0 Å². The maximum atomic E-state index is 13.1. The summed E-state index contributed by atoms with van der Waals surface area (Å²) in [6.45, 7) is 3.97. The van der Waals surface area contributed by atoms with Crippen molar-refractivity contribution in [3.8, 4) is 11.1 Å². The molecule has 0 radical (unpaired) electrons. The van der Waals surface area contributed by atoms with E-state index in [9.17, 15) is 9.18 Å². The number of benzene rings is 2. The molecular formula is C15H13FO. The topological polar surface area (TPSA) is 17.1 Å². The van der Waals surface area contributed by atoms with Gasteiger partial charge >= 0.3 is 0 Å². The molecule has 0 saturated heterocycles. The first-order valence-electron chi connectivity index (χ1n) is 5.44. The normalized spacial score (nSPS) is 10.3. The molecule has 2 aromatic rings. The Morgan fingerprint density at radius 2 is 1.76 bits per heavy atom. The Kier molecular flexibility index (Phi) is 3.05. The van der Waals surface area contributed by atoms with Crippen molar-refractivity contribution in [3.63, 3.8) is 0 Å². The van der Waals surface area contributed by atoms with E-state index in [4.69, 9.17) is 0 Å². The van der Waals surface area contributed by atoms with E-state index in [2.05, 4.69) is 0 Å². The summed E-state index contributed by atoms with van der Waals surface area (Å²) in [5.74, 6) is -0.388. The predicted molar refractivity (Wildman–Crippen MR) is 66.7 cm³/mol. The van der Waals surface area contributed by atoms with Crippen LogP contribution >= 0.6 is 0 Å². The molecule has 0 spiro atoms. The number of carbonyl (C=O) groups is 1. The second-order valence-electron chi connectivity index (χ2n) is 4.17. The molecule has 1 nitrogen and oxygen atoms in total. The van der Waals surface area contributed by atoms with Crippen LogP contribution in [0.15, 0.2) is 36.4 Å².